The smallest absolute Gasteiger partial charge is 0.161 e. The van der Waals surface area contributed by atoms with Gasteiger partial charge in [0, 0.05) is 34.0 Å². The summed E-state index contributed by atoms with van der Waals surface area (Å²) in [5.74, 6) is 0.900. The van der Waals surface area contributed by atoms with Crippen LogP contribution >= 0.6 is 11.8 Å². The second-order valence-corrected chi connectivity index (χ2v) is 11.4. The van der Waals surface area contributed by atoms with Crippen molar-refractivity contribution >= 4 is 23.2 Å². The Bertz CT molecular complexity index is 1540. The summed E-state index contributed by atoms with van der Waals surface area (Å²) in [6.45, 7) is 8.38. The molecule has 1 aliphatic carbocycles. The summed E-state index contributed by atoms with van der Waals surface area (Å²) >= 11 is 1.82. The summed E-state index contributed by atoms with van der Waals surface area (Å²) < 4.78 is 0. The number of rotatable bonds is 5. The summed E-state index contributed by atoms with van der Waals surface area (Å²) in [4.78, 5) is 16.8. The summed E-state index contributed by atoms with van der Waals surface area (Å²) in [6, 6.07) is 23.3. The van der Waals surface area contributed by atoms with Crippen LogP contribution < -0.4 is 10.6 Å². The van der Waals surface area contributed by atoms with E-state index in [2.05, 4.69) is 69.3 Å². The molecule has 1 aliphatic heterocycles. The third-order valence-corrected chi connectivity index (χ3v) is 8.91. The van der Waals surface area contributed by atoms with Crippen LogP contribution in [-0.2, 0) is 10.5 Å². The molecule has 5 rings (SSSR count). The van der Waals surface area contributed by atoms with Crippen molar-refractivity contribution in [3.05, 3.63) is 117 Å². The van der Waals surface area contributed by atoms with Gasteiger partial charge >= 0.3 is 0 Å². The number of ketones is 1. The Labute approximate surface area is 229 Å². The van der Waals surface area contributed by atoms with Crippen molar-refractivity contribution in [1.82, 2.24) is 0 Å². The first kappa shape index (κ1) is 25.9. The van der Waals surface area contributed by atoms with E-state index in [4.69, 9.17) is 5.73 Å². The Kier molecular flexibility index (Phi) is 7.19. The quantitative estimate of drug-likeness (QED) is 0.353. The summed E-state index contributed by atoms with van der Waals surface area (Å²) in [7, 11) is 0. The van der Waals surface area contributed by atoms with Gasteiger partial charge in [-0.15, -0.1) is 11.8 Å². The molecule has 0 saturated heterocycles. The monoisotopic (exact) mass is 519 g/mol. The number of carbonyl (C=O) groups is 1. The molecule has 38 heavy (non-hydrogen) atoms. The Morgan fingerprint density at radius 1 is 0.974 bits per heavy atom. The topological polar surface area (TPSA) is 70.1 Å². The molecule has 192 valence electrons. The van der Waals surface area contributed by atoms with Crippen LogP contribution in [0.1, 0.15) is 58.6 Å². The maximum Gasteiger partial charge on any atom is 0.161 e. The van der Waals surface area contributed by atoms with Gasteiger partial charge in [0.15, 0.2) is 5.78 Å². The molecule has 0 amide bonds. The normalized spacial score (nSPS) is 17.5. The minimum Gasteiger partial charge on any atom is -0.384 e. The number of hydrogen-bond donors (Lipinski definition) is 1. The number of aryl methyl sites for hydroxylation is 4. The molecule has 2 N–H and O–H groups in total. The number of nitrogens with two attached hydrogens (primary N) is 1. The number of nitriles is 1. The standard InChI is InChI=1S/C33H33N3OS/c1-20-9-7-11-25(15-20)36-28-12-8-13-29(37)32(28)31(27(18-34)33(36)35)26-17-24(22(3)16-23(26)4)19-38-30-14-6-5-10-21(30)2/h5-7,9-11,14-17,31H,8,12-13,19,35H2,1-4H3. The van der Waals surface area contributed by atoms with Gasteiger partial charge in [0.25, 0.3) is 0 Å². The van der Waals surface area contributed by atoms with Gasteiger partial charge in [-0.2, -0.15) is 5.26 Å². The molecule has 2 aliphatic rings. The molecule has 3 aromatic carbocycles. The highest BCUT2D eigenvalue weighted by Crippen LogP contribution is 2.47. The van der Waals surface area contributed by atoms with E-state index in [1.54, 1.807) is 0 Å². The van der Waals surface area contributed by atoms with E-state index >= 15 is 0 Å². The fourth-order valence-corrected chi connectivity index (χ4v) is 6.81. The van der Waals surface area contributed by atoms with E-state index in [1.807, 2.05) is 41.8 Å². The molecule has 3 aromatic rings. The van der Waals surface area contributed by atoms with Crippen LogP contribution in [0.5, 0.6) is 0 Å². The number of nitrogens with zero attached hydrogens (tertiary/aromatic N) is 2. The van der Waals surface area contributed by atoms with E-state index in [1.165, 1.54) is 21.6 Å². The minimum absolute atomic E-state index is 0.116. The third kappa shape index (κ3) is 4.66. The van der Waals surface area contributed by atoms with Gasteiger partial charge in [0.2, 0.25) is 0 Å². The van der Waals surface area contributed by atoms with E-state index in [-0.39, 0.29) is 5.78 Å². The van der Waals surface area contributed by atoms with Crippen molar-refractivity contribution in [2.45, 2.75) is 63.5 Å². The Hall–Kier alpha value is -3.75. The third-order valence-electron chi connectivity index (χ3n) is 7.69. The zero-order valence-corrected chi connectivity index (χ0v) is 23.3. The summed E-state index contributed by atoms with van der Waals surface area (Å²) in [6.07, 6.45) is 2.04. The molecule has 1 unspecified atom stereocenters. The highest BCUT2D eigenvalue weighted by molar-refractivity contribution is 7.98. The van der Waals surface area contributed by atoms with Gasteiger partial charge in [-0.3, -0.25) is 9.69 Å². The van der Waals surface area contributed by atoms with Crippen molar-refractivity contribution < 1.29 is 4.79 Å². The average Bonchev–Trinajstić information content (AvgIpc) is 2.89. The minimum atomic E-state index is -0.452. The second-order valence-electron chi connectivity index (χ2n) is 10.3. The van der Waals surface area contributed by atoms with E-state index < -0.39 is 5.92 Å². The highest BCUT2D eigenvalue weighted by atomic mass is 32.2. The van der Waals surface area contributed by atoms with Crippen molar-refractivity contribution in [3.63, 3.8) is 0 Å². The van der Waals surface area contributed by atoms with Crippen LogP contribution in [0.4, 0.5) is 5.69 Å². The molecule has 0 fully saturated rings. The predicted molar refractivity (Wildman–Crippen MR) is 156 cm³/mol. The lowest BCUT2D eigenvalue weighted by atomic mass is 9.74. The van der Waals surface area contributed by atoms with E-state index in [9.17, 15) is 10.1 Å². The van der Waals surface area contributed by atoms with Gasteiger partial charge in [-0.05, 0) is 92.1 Å². The maximum absolute atomic E-state index is 13.6. The Morgan fingerprint density at radius 3 is 2.50 bits per heavy atom. The van der Waals surface area contributed by atoms with Crippen LogP contribution in [-0.4, -0.2) is 5.78 Å². The summed E-state index contributed by atoms with van der Waals surface area (Å²) in [5.41, 5.74) is 16.7. The molecule has 4 nitrogen and oxygen atoms in total. The molecule has 1 atom stereocenters. The first-order chi connectivity index (χ1) is 18.3. The molecule has 0 aromatic heterocycles. The molecule has 0 saturated carbocycles. The van der Waals surface area contributed by atoms with Crippen LogP contribution in [0.25, 0.3) is 0 Å². The van der Waals surface area contributed by atoms with Crippen molar-refractivity contribution in [2.75, 3.05) is 4.90 Å². The number of benzene rings is 3. The molecule has 0 radical (unpaired) electrons. The van der Waals surface area contributed by atoms with Crippen molar-refractivity contribution in [2.24, 2.45) is 5.73 Å². The second kappa shape index (κ2) is 10.6. The molecule has 1 heterocycles. The van der Waals surface area contributed by atoms with Gasteiger partial charge in [-0.25, -0.2) is 0 Å². The number of carbonyl (C=O) groups excluding carboxylic acids is 1. The fourth-order valence-electron chi connectivity index (χ4n) is 5.72. The number of allylic oxidation sites excluding steroid dienone is 3. The Balaban J connectivity index is 1.64. The lowest BCUT2D eigenvalue weighted by Crippen LogP contribution is -2.39. The average molecular weight is 520 g/mol. The van der Waals surface area contributed by atoms with Crippen molar-refractivity contribution in [1.29, 1.82) is 5.26 Å². The molecular formula is C33H33N3OS. The number of anilines is 1. The lowest BCUT2D eigenvalue weighted by molar-refractivity contribution is -0.116. The van der Waals surface area contributed by atoms with Crippen LogP contribution in [0.2, 0.25) is 0 Å². The summed E-state index contributed by atoms with van der Waals surface area (Å²) in [5, 5.41) is 10.4. The van der Waals surface area contributed by atoms with Gasteiger partial charge in [0.05, 0.1) is 17.6 Å². The fraction of sp³-hybridized carbons (Fsp3) is 0.273. The molecular weight excluding hydrogens is 486 g/mol. The zero-order valence-electron chi connectivity index (χ0n) is 22.5. The maximum atomic E-state index is 13.6. The first-order valence-electron chi connectivity index (χ1n) is 13.1. The van der Waals surface area contributed by atoms with Crippen molar-refractivity contribution in [3.8, 4) is 6.07 Å². The van der Waals surface area contributed by atoms with Crippen LogP contribution in [0.15, 0.2) is 88.2 Å². The molecule has 0 bridgehead atoms. The van der Waals surface area contributed by atoms with Gasteiger partial charge < -0.3 is 5.73 Å². The van der Waals surface area contributed by atoms with E-state index in [0.717, 1.165) is 52.2 Å². The number of Topliss-reactive ketones (excluding diaryl/α,β-unsaturated/α-hetero) is 1. The first-order valence-corrected chi connectivity index (χ1v) is 14.1. The highest BCUT2D eigenvalue weighted by Gasteiger charge is 2.41. The van der Waals surface area contributed by atoms with Gasteiger partial charge in [0.1, 0.15) is 5.82 Å². The van der Waals surface area contributed by atoms with Gasteiger partial charge in [-0.1, -0.05) is 42.5 Å². The van der Waals surface area contributed by atoms with Crippen LogP contribution in [0, 0.1) is 39.0 Å². The SMILES string of the molecule is Cc1cccc(N2C(N)=C(C#N)C(c3cc(CSc4ccccc4C)c(C)cc3C)C3=C2CCCC3=O)c1. The number of hydrogen-bond acceptors (Lipinski definition) is 5. The molecule has 0 spiro atoms. The largest absolute Gasteiger partial charge is 0.384 e. The lowest BCUT2D eigenvalue weighted by Gasteiger charge is -2.40. The Morgan fingerprint density at radius 2 is 1.76 bits per heavy atom. The van der Waals surface area contributed by atoms with E-state index in [0.29, 0.717) is 17.8 Å². The molecule has 5 heteroatoms. The number of thioether (sulfide) groups is 1. The van der Waals surface area contributed by atoms with Crippen LogP contribution in [0.3, 0.4) is 0 Å². The predicted octanol–water partition coefficient (Wildman–Crippen LogP) is 7.52. The zero-order chi connectivity index (χ0) is 27.0.